The van der Waals surface area contributed by atoms with Crippen molar-refractivity contribution in [3.8, 4) is 5.75 Å². The lowest BCUT2D eigenvalue weighted by atomic mass is 9.87. The SMILES string of the molecule is COc1ccc(S(=O)(=O)Nc2cc3ccccc3cn2)c2c1C[C@@H](N(C)C)CC2. The van der Waals surface area contributed by atoms with Crippen LogP contribution in [0.5, 0.6) is 5.75 Å². The van der Waals surface area contributed by atoms with Crippen molar-refractivity contribution < 1.29 is 13.2 Å². The molecule has 7 heteroatoms. The van der Waals surface area contributed by atoms with Crippen LogP contribution in [0.2, 0.25) is 0 Å². The van der Waals surface area contributed by atoms with Gasteiger partial charge in [0, 0.05) is 23.2 Å². The summed E-state index contributed by atoms with van der Waals surface area (Å²) in [6, 6.07) is 13.2. The maximum Gasteiger partial charge on any atom is 0.263 e. The molecule has 0 amide bonds. The van der Waals surface area contributed by atoms with Gasteiger partial charge in [-0.15, -0.1) is 0 Å². The second-order valence-corrected chi connectivity index (χ2v) is 9.26. The summed E-state index contributed by atoms with van der Waals surface area (Å²) < 4.78 is 34.6. The molecule has 29 heavy (non-hydrogen) atoms. The number of rotatable bonds is 5. The van der Waals surface area contributed by atoms with E-state index in [2.05, 4.69) is 28.7 Å². The molecule has 0 radical (unpaired) electrons. The summed E-state index contributed by atoms with van der Waals surface area (Å²) in [5.74, 6) is 1.06. The number of aromatic nitrogens is 1. The maximum atomic E-state index is 13.2. The molecule has 1 N–H and O–H groups in total. The summed E-state index contributed by atoms with van der Waals surface area (Å²) in [6.07, 6.45) is 4.04. The fraction of sp³-hybridized carbons (Fsp3) is 0.318. The second-order valence-electron chi connectivity index (χ2n) is 7.61. The van der Waals surface area contributed by atoms with E-state index in [0.29, 0.717) is 23.2 Å². The quantitative estimate of drug-likeness (QED) is 0.696. The van der Waals surface area contributed by atoms with Gasteiger partial charge in [-0.3, -0.25) is 4.72 Å². The van der Waals surface area contributed by atoms with Crippen LogP contribution in [0.25, 0.3) is 10.8 Å². The average Bonchev–Trinajstić information content (AvgIpc) is 2.72. The predicted octanol–water partition coefficient (Wildman–Crippen LogP) is 3.46. The first-order chi connectivity index (χ1) is 13.9. The molecule has 1 atom stereocenters. The molecule has 1 heterocycles. The Balaban J connectivity index is 1.72. The molecule has 2 aromatic carbocycles. The number of likely N-dealkylation sites (N-methyl/N-ethyl adjacent to an activating group) is 1. The van der Waals surface area contributed by atoms with Crippen molar-refractivity contribution in [1.29, 1.82) is 0 Å². The zero-order chi connectivity index (χ0) is 20.6. The van der Waals surface area contributed by atoms with Crippen LogP contribution in [-0.4, -0.2) is 45.5 Å². The number of benzene rings is 2. The zero-order valence-corrected chi connectivity index (χ0v) is 17.7. The van der Waals surface area contributed by atoms with Crippen LogP contribution in [0.15, 0.2) is 53.6 Å². The van der Waals surface area contributed by atoms with E-state index in [1.807, 2.05) is 24.3 Å². The Morgan fingerprint density at radius 1 is 1.10 bits per heavy atom. The van der Waals surface area contributed by atoms with Crippen molar-refractivity contribution in [2.75, 3.05) is 25.9 Å². The lowest BCUT2D eigenvalue weighted by molar-refractivity contribution is 0.263. The van der Waals surface area contributed by atoms with Crippen LogP contribution in [0.3, 0.4) is 0 Å². The monoisotopic (exact) mass is 411 g/mol. The standard InChI is InChI=1S/C22H25N3O3S/c1-25(2)17-8-9-18-19(13-17)20(28-3)10-11-21(18)29(26,27)24-22-12-15-6-4-5-7-16(15)14-23-22/h4-7,10-12,14,17H,8-9,13H2,1-3H3,(H,23,24)/t17-/m0/s1. The van der Waals surface area contributed by atoms with Gasteiger partial charge in [-0.1, -0.05) is 24.3 Å². The minimum Gasteiger partial charge on any atom is -0.496 e. The minimum absolute atomic E-state index is 0.306. The molecular formula is C22H25N3O3S. The van der Waals surface area contributed by atoms with E-state index in [4.69, 9.17) is 4.74 Å². The minimum atomic E-state index is -3.77. The first-order valence-corrected chi connectivity index (χ1v) is 11.1. The number of hydrogen-bond donors (Lipinski definition) is 1. The summed E-state index contributed by atoms with van der Waals surface area (Å²) in [4.78, 5) is 6.76. The molecule has 0 aliphatic heterocycles. The highest BCUT2D eigenvalue weighted by molar-refractivity contribution is 7.92. The van der Waals surface area contributed by atoms with Crippen LogP contribution in [0.4, 0.5) is 5.82 Å². The number of hydrogen-bond acceptors (Lipinski definition) is 5. The van der Waals surface area contributed by atoms with Crippen molar-refractivity contribution in [2.24, 2.45) is 0 Å². The highest BCUT2D eigenvalue weighted by atomic mass is 32.2. The van der Waals surface area contributed by atoms with Crippen LogP contribution >= 0.6 is 0 Å². The first kappa shape index (κ1) is 19.7. The Hall–Kier alpha value is -2.64. The predicted molar refractivity (Wildman–Crippen MR) is 115 cm³/mol. The Labute approximate surface area is 171 Å². The van der Waals surface area contributed by atoms with Gasteiger partial charge in [0.25, 0.3) is 10.0 Å². The van der Waals surface area contributed by atoms with Gasteiger partial charge in [-0.2, -0.15) is 0 Å². The molecule has 0 spiro atoms. The van der Waals surface area contributed by atoms with Gasteiger partial charge in [-0.05, 0) is 62.5 Å². The molecule has 152 valence electrons. The number of nitrogens with zero attached hydrogens (tertiary/aromatic N) is 2. The molecule has 1 aliphatic carbocycles. The summed E-state index contributed by atoms with van der Waals surface area (Å²) in [6.45, 7) is 0. The van der Waals surface area contributed by atoms with E-state index in [9.17, 15) is 8.42 Å². The lowest BCUT2D eigenvalue weighted by Crippen LogP contribution is -2.34. The number of sulfonamides is 1. The topological polar surface area (TPSA) is 71.5 Å². The molecule has 0 bridgehead atoms. The van der Waals surface area contributed by atoms with E-state index in [0.717, 1.165) is 40.5 Å². The third-order valence-corrected chi connectivity index (χ3v) is 7.06. The van der Waals surface area contributed by atoms with Crippen LogP contribution in [0, 0.1) is 0 Å². The Kier molecular flexibility index (Phi) is 5.19. The molecule has 1 aromatic heterocycles. The first-order valence-electron chi connectivity index (χ1n) is 9.62. The van der Waals surface area contributed by atoms with Gasteiger partial charge < -0.3 is 9.64 Å². The van der Waals surface area contributed by atoms with Gasteiger partial charge in [0.05, 0.1) is 12.0 Å². The number of ether oxygens (including phenoxy) is 1. The molecule has 3 aromatic rings. The Bertz CT molecular complexity index is 1160. The number of methoxy groups -OCH3 is 1. The van der Waals surface area contributed by atoms with E-state index >= 15 is 0 Å². The smallest absolute Gasteiger partial charge is 0.263 e. The van der Waals surface area contributed by atoms with Gasteiger partial charge in [0.15, 0.2) is 0 Å². The van der Waals surface area contributed by atoms with E-state index in [-0.39, 0.29) is 0 Å². The van der Waals surface area contributed by atoms with Crippen molar-refractivity contribution >= 4 is 26.6 Å². The van der Waals surface area contributed by atoms with Crippen molar-refractivity contribution in [2.45, 2.75) is 30.2 Å². The third-order valence-electron chi connectivity index (χ3n) is 5.62. The number of nitrogens with one attached hydrogen (secondary N) is 1. The largest absolute Gasteiger partial charge is 0.496 e. The van der Waals surface area contributed by atoms with Crippen LogP contribution in [0.1, 0.15) is 17.5 Å². The van der Waals surface area contributed by atoms with Crippen molar-refractivity contribution in [3.63, 3.8) is 0 Å². The van der Waals surface area contributed by atoms with Crippen molar-refractivity contribution in [1.82, 2.24) is 9.88 Å². The fourth-order valence-electron chi connectivity index (χ4n) is 4.01. The molecule has 1 aliphatic rings. The molecule has 4 rings (SSSR count). The summed E-state index contributed by atoms with van der Waals surface area (Å²) in [7, 11) is 1.96. The maximum absolute atomic E-state index is 13.2. The van der Waals surface area contributed by atoms with Gasteiger partial charge >= 0.3 is 0 Å². The van der Waals surface area contributed by atoms with Crippen molar-refractivity contribution in [3.05, 3.63) is 59.8 Å². The average molecular weight is 412 g/mol. The second kappa shape index (κ2) is 7.65. The molecule has 0 saturated heterocycles. The fourth-order valence-corrected chi connectivity index (χ4v) is 5.31. The third kappa shape index (κ3) is 3.80. The molecule has 0 saturated carbocycles. The Morgan fingerprint density at radius 3 is 2.59 bits per heavy atom. The Morgan fingerprint density at radius 2 is 1.86 bits per heavy atom. The highest BCUT2D eigenvalue weighted by Crippen LogP contribution is 2.36. The zero-order valence-electron chi connectivity index (χ0n) is 16.8. The molecule has 0 fully saturated rings. The van der Waals surface area contributed by atoms with Gasteiger partial charge in [0.1, 0.15) is 11.6 Å². The number of fused-ring (bicyclic) bond motifs is 2. The highest BCUT2D eigenvalue weighted by Gasteiger charge is 2.29. The molecule has 6 nitrogen and oxygen atoms in total. The summed E-state index contributed by atoms with van der Waals surface area (Å²) >= 11 is 0. The van der Waals surface area contributed by atoms with Gasteiger partial charge in [-0.25, -0.2) is 13.4 Å². The lowest BCUT2D eigenvalue weighted by Gasteiger charge is -2.31. The normalized spacial score (nSPS) is 16.6. The number of pyridine rings is 1. The molecular weight excluding hydrogens is 386 g/mol. The van der Waals surface area contributed by atoms with Crippen LogP contribution < -0.4 is 9.46 Å². The van der Waals surface area contributed by atoms with E-state index in [1.165, 1.54) is 0 Å². The summed E-state index contributed by atoms with van der Waals surface area (Å²) in [5, 5.41) is 1.90. The van der Waals surface area contributed by atoms with Crippen LogP contribution in [-0.2, 0) is 22.9 Å². The molecule has 0 unspecified atom stereocenters. The van der Waals surface area contributed by atoms with E-state index in [1.54, 1.807) is 31.5 Å². The number of anilines is 1. The van der Waals surface area contributed by atoms with E-state index < -0.39 is 10.0 Å². The van der Waals surface area contributed by atoms with Gasteiger partial charge in [0.2, 0.25) is 0 Å². The summed E-state index contributed by atoms with van der Waals surface area (Å²) in [5.41, 5.74) is 1.82.